The molecule has 1 aliphatic heterocycles. The molecule has 0 radical (unpaired) electrons. The van der Waals surface area contributed by atoms with Crippen LogP contribution in [0.2, 0.25) is 0 Å². The molecule has 29 heavy (non-hydrogen) atoms. The number of aryl methyl sites for hydroxylation is 1. The first-order valence-electron chi connectivity index (χ1n) is 9.68. The molecule has 8 heteroatoms. The van der Waals surface area contributed by atoms with Crippen molar-refractivity contribution < 1.29 is 22.7 Å². The van der Waals surface area contributed by atoms with Gasteiger partial charge >= 0.3 is 5.97 Å². The van der Waals surface area contributed by atoms with Crippen molar-refractivity contribution in [3.05, 3.63) is 59.9 Å². The van der Waals surface area contributed by atoms with Crippen LogP contribution < -0.4 is 0 Å². The van der Waals surface area contributed by atoms with Crippen molar-refractivity contribution in [2.24, 2.45) is 0 Å². The van der Waals surface area contributed by atoms with Crippen LogP contribution in [0.15, 0.2) is 53.7 Å². The van der Waals surface area contributed by atoms with E-state index in [9.17, 15) is 13.2 Å². The van der Waals surface area contributed by atoms with E-state index in [1.165, 1.54) is 28.6 Å². The quantitative estimate of drug-likeness (QED) is 0.508. The molecule has 0 saturated carbocycles. The fraction of sp³-hybridized carbons (Fsp3) is 0.429. The van der Waals surface area contributed by atoms with Gasteiger partial charge in [-0.05, 0) is 68.7 Å². The smallest absolute Gasteiger partial charge is 0.338 e. The second kappa shape index (κ2) is 9.47. The van der Waals surface area contributed by atoms with Gasteiger partial charge in [0, 0.05) is 25.5 Å². The first-order chi connectivity index (χ1) is 13.9. The minimum absolute atomic E-state index is 0.157. The average Bonchev–Trinajstić information content (AvgIpc) is 2.71. The standard InChI is InChI=1S/C21H26N2O5S/c1-16-14-23(15-17(2)28-16)29(25,26)20-7-5-19(6-8-20)21(24)27-13-3-4-18-9-11-22-12-10-18/h5-12,16-17H,3-4,13-15H2,1-2H3/t16-,17-/m0/s1. The number of morpholine rings is 1. The molecule has 0 aliphatic carbocycles. The number of rotatable bonds is 7. The Kier molecular flexibility index (Phi) is 7.00. The van der Waals surface area contributed by atoms with E-state index in [2.05, 4.69) is 4.98 Å². The summed E-state index contributed by atoms with van der Waals surface area (Å²) in [7, 11) is -3.63. The van der Waals surface area contributed by atoms with E-state index in [4.69, 9.17) is 9.47 Å². The molecule has 0 unspecified atom stereocenters. The van der Waals surface area contributed by atoms with Crippen LogP contribution in [0.25, 0.3) is 0 Å². The van der Waals surface area contributed by atoms with E-state index in [-0.39, 0.29) is 17.1 Å². The van der Waals surface area contributed by atoms with Crippen molar-refractivity contribution in [2.45, 2.75) is 43.8 Å². The van der Waals surface area contributed by atoms with Crippen LogP contribution in [0, 0.1) is 0 Å². The molecule has 0 spiro atoms. The van der Waals surface area contributed by atoms with Crippen molar-refractivity contribution in [3.8, 4) is 0 Å². The largest absolute Gasteiger partial charge is 0.462 e. The Morgan fingerprint density at radius 1 is 1.10 bits per heavy atom. The number of benzene rings is 1. The highest BCUT2D eigenvalue weighted by atomic mass is 32.2. The van der Waals surface area contributed by atoms with Crippen LogP contribution in [0.3, 0.4) is 0 Å². The number of hydrogen-bond acceptors (Lipinski definition) is 6. The highest BCUT2D eigenvalue weighted by Crippen LogP contribution is 2.21. The zero-order valence-corrected chi connectivity index (χ0v) is 17.5. The summed E-state index contributed by atoms with van der Waals surface area (Å²) in [4.78, 5) is 16.3. The Morgan fingerprint density at radius 3 is 2.34 bits per heavy atom. The summed E-state index contributed by atoms with van der Waals surface area (Å²) in [5.74, 6) is -0.461. The Morgan fingerprint density at radius 2 is 1.72 bits per heavy atom. The van der Waals surface area contributed by atoms with Crippen molar-refractivity contribution in [1.82, 2.24) is 9.29 Å². The fourth-order valence-electron chi connectivity index (χ4n) is 3.31. The average molecular weight is 419 g/mol. The third-order valence-corrected chi connectivity index (χ3v) is 6.55. The number of pyridine rings is 1. The molecule has 1 aliphatic rings. The summed E-state index contributed by atoms with van der Waals surface area (Å²) in [5, 5.41) is 0. The molecule has 156 valence electrons. The van der Waals surface area contributed by atoms with Gasteiger partial charge in [0.15, 0.2) is 0 Å². The summed E-state index contributed by atoms with van der Waals surface area (Å²) >= 11 is 0. The Bertz CT molecular complexity index is 906. The highest BCUT2D eigenvalue weighted by Gasteiger charge is 2.32. The summed E-state index contributed by atoms with van der Waals surface area (Å²) in [6, 6.07) is 9.74. The Hall–Kier alpha value is -2.29. The summed E-state index contributed by atoms with van der Waals surface area (Å²) in [6.07, 6.45) is 4.65. The van der Waals surface area contributed by atoms with E-state index >= 15 is 0 Å². The summed E-state index contributed by atoms with van der Waals surface area (Å²) in [6.45, 7) is 4.63. The normalized spacial score (nSPS) is 20.3. The number of sulfonamides is 1. The van der Waals surface area contributed by atoms with Gasteiger partial charge in [-0.1, -0.05) is 0 Å². The molecular weight excluding hydrogens is 392 g/mol. The monoisotopic (exact) mass is 418 g/mol. The molecule has 1 aromatic carbocycles. The van der Waals surface area contributed by atoms with Crippen LogP contribution in [0.4, 0.5) is 0 Å². The molecule has 7 nitrogen and oxygen atoms in total. The molecule has 1 aromatic heterocycles. The first-order valence-corrected chi connectivity index (χ1v) is 11.1. The number of carbonyl (C=O) groups excluding carboxylic acids is 1. The maximum atomic E-state index is 12.9. The van der Waals surface area contributed by atoms with Gasteiger partial charge in [-0.15, -0.1) is 0 Å². The topological polar surface area (TPSA) is 85.8 Å². The second-order valence-electron chi connectivity index (χ2n) is 7.20. The second-order valence-corrected chi connectivity index (χ2v) is 9.14. The molecule has 1 fully saturated rings. The van der Waals surface area contributed by atoms with Crippen LogP contribution in [0.5, 0.6) is 0 Å². The van der Waals surface area contributed by atoms with Crippen molar-refractivity contribution >= 4 is 16.0 Å². The zero-order chi connectivity index (χ0) is 20.9. The van der Waals surface area contributed by atoms with Gasteiger partial charge in [-0.25, -0.2) is 13.2 Å². The molecule has 1 saturated heterocycles. The minimum Gasteiger partial charge on any atom is -0.462 e. The number of ether oxygens (including phenoxy) is 2. The molecule has 2 atom stereocenters. The SMILES string of the molecule is C[C@H]1CN(S(=O)(=O)c2ccc(C(=O)OCCCc3ccncc3)cc2)C[C@H](C)O1. The van der Waals surface area contributed by atoms with E-state index in [1.54, 1.807) is 12.4 Å². The number of esters is 1. The lowest BCUT2D eigenvalue weighted by Gasteiger charge is -2.34. The number of carbonyl (C=O) groups is 1. The Balaban J connectivity index is 1.55. The lowest BCUT2D eigenvalue weighted by molar-refractivity contribution is -0.0440. The maximum absolute atomic E-state index is 12.9. The van der Waals surface area contributed by atoms with E-state index in [0.717, 1.165) is 12.0 Å². The predicted octanol–water partition coefficient (Wildman–Crippen LogP) is 2.67. The predicted molar refractivity (Wildman–Crippen MR) is 108 cm³/mol. The first kappa shape index (κ1) is 21.4. The third-order valence-electron chi connectivity index (χ3n) is 4.71. The molecule has 0 bridgehead atoms. The maximum Gasteiger partial charge on any atom is 0.338 e. The van der Waals surface area contributed by atoms with Gasteiger partial charge in [-0.2, -0.15) is 4.31 Å². The van der Waals surface area contributed by atoms with Gasteiger partial charge in [0.25, 0.3) is 0 Å². The number of hydrogen-bond donors (Lipinski definition) is 0. The van der Waals surface area contributed by atoms with Gasteiger partial charge in [-0.3, -0.25) is 4.98 Å². The van der Waals surface area contributed by atoms with Crippen LogP contribution in [0.1, 0.15) is 36.2 Å². The molecule has 3 rings (SSSR count). The minimum atomic E-state index is -3.63. The number of nitrogens with zero attached hydrogens (tertiary/aromatic N) is 2. The molecule has 0 N–H and O–H groups in total. The van der Waals surface area contributed by atoms with E-state index in [1.807, 2.05) is 26.0 Å². The molecule has 2 aromatic rings. The summed E-state index contributed by atoms with van der Waals surface area (Å²) < 4.78 is 38.0. The van der Waals surface area contributed by atoms with E-state index < -0.39 is 16.0 Å². The van der Waals surface area contributed by atoms with Gasteiger partial charge in [0.2, 0.25) is 10.0 Å². The highest BCUT2D eigenvalue weighted by molar-refractivity contribution is 7.89. The van der Waals surface area contributed by atoms with Gasteiger partial charge in [0.05, 0.1) is 29.3 Å². The van der Waals surface area contributed by atoms with Crippen molar-refractivity contribution in [1.29, 1.82) is 0 Å². The third kappa shape index (κ3) is 5.62. The lowest BCUT2D eigenvalue weighted by Crippen LogP contribution is -2.48. The molecule has 2 heterocycles. The van der Waals surface area contributed by atoms with Crippen LogP contribution in [-0.2, 0) is 25.9 Å². The van der Waals surface area contributed by atoms with Crippen LogP contribution in [-0.4, -0.2) is 55.6 Å². The van der Waals surface area contributed by atoms with Gasteiger partial charge < -0.3 is 9.47 Å². The van der Waals surface area contributed by atoms with Crippen molar-refractivity contribution in [3.63, 3.8) is 0 Å². The number of aromatic nitrogens is 1. The lowest BCUT2D eigenvalue weighted by atomic mass is 10.1. The molecule has 0 amide bonds. The summed E-state index contributed by atoms with van der Waals surface area (Å²) in [5.41, 5.74) is 1.47. The fourth-order valence-corrected chi connectivity index (χ4v) is 4.90. The Labute approximate surface area is 171 Å². The van der Waals surface area contributed by atoms with Crippen LogP contribution >= 0.6 is 0 Å². The molecular formula is C21H26N2O5S. The van der Waals surface area contributed by atoms with Crippen molar-refractivity contribution in [2.75, 3.05) is 19.7 Å². The van der Waals surface area contributed by atoms with E-state index in [0.29, 0.717) is 31.7 Å². The zero-order valence-electron chi connectivity index (χ0n) is 16.7. The van der Waals surface area contributed by atoms with Gasteiger partial charge in [0.1, 0.15) is 0 Å².